The van der Waals surface area contributed by atoms with E-state index in [-0.39, 0.29) is 12.0 Å². The van der Waals surface area contributed by atoms with Gasteiger partial charge in [-0.3, -0.25) is 4.79 Å². The summed E-state index contributed by atoms with van der Waals surface area (Å²) in [6.45, 7) is 6.06. The summed E-state index contributed by atoms with van der Waals surface area (Å²) in [5.74, 6) is -0.0676. The highest BCUT2D eigenvalue weighted by atomic mass is 35.5. The van der Waals surface area contributed by atoms with Gasteiger partial charge in [0, 0.05) is 13.1 Å². The molecule has 1 aromatic carbocycles. The molecule has 0 bridgehead atoms. The number of hydrogen-bond acceptors (Lipinski definition) is 3. The second-order valence-corrected chi connectivity index (χ2v) is 6.19. The van der Waals surface area contributed by atoms with Crippen molar-refractivity contribution in [1.82, 2.24) is 14.7 Å². The van der Waals surface area contributed by atoms with Gasteiger partial charge in [0.15, 0.2) is 0 Å². The van der Waals surface area contributed by atoms with Crippen LogP contribution in [0.15, 0.2) is 30.3 Å². The van der Waals surface area contributed by atoms with E-state index in [1.54, 1.807) is 9.58 Å². The van der Waals surface area contributed by atoms with Crippen molar-refractivity contribution in [3.8, 4) is 0 Å². The number of amides is 1. The number of hydrogen-bond donors (Lipinski definition) is 0. The van der Waals surface area contributed by atoms with E-state index in [9.17, 15) is 4.79 Å². The van der Waals surface area contributed by atoms with Gasteiger partial charge in [0.1, 0.15) is 5.15 Å². The van der Waals surface area contributed by atoms with Gasteiger partial charge in [-0.15, -0.1) is 0 Å². The molecule has 1 aromatic heterocycles. The number of carbonyl (C=O) groups excluding carboxylic acids is 1. The predicted molar refractivity (Wildman–Crippen MR) is 88.8 cm³/mol. The minimum Gasteiger partial charge on any atom is -0.375 e. The van der Waals surface area contributed by atoms with Crippen LogP contribution in [0.2, 0.25) is 5.15 Å². The van der Waals surface area contributed by atoms with E-state index >= 15 is 0 Å². The fourth-order valence-electron chi connectivity index (χ4n) is 2.82. The van der Waals surface area contributed by atoms with E-state index in [2.05, 4.69) is 5.10 Å². The van der Waals surface area contributed by atoms with Crippen LogP contribution in [-0.2, 0) is 11.3 Å². The molecule has 1 atom stereocenters. The van der Waals surface area contributed by atoms with Crippen LogP contribution in [0.3, 0.4) is 0 Å². The zero-order valence-electron chi connectivity index (χ0n) is 13.3. The molecule has 1 amide bonds. The van der Waals surface area contributed by atoms with Gasteiger partial charge >= 0.3 is 0 Å². The zero-order valence-corrected chi connectivity index (χ0v) is 14.1. The molecule has 1 fully saturated rings. The van der Waals surface area contributed by atoms with E-state index in [1.165, 1.54) is 0 Å². The average molecular weight is 334 g/mol. The van der Waals surface area contributed by atoms with Gasteiger partial charge in [-0.05, 0) is 19.4 Å². The molecule has 1 saturated heterocycles. The molecule has 23 heavy (non-hydrogen) atoms. The second-order valence-electron chi connectivity index (χ2n) is 5.83. The Hall–Kier alpha value is -1.85. The van der Waals surface area contributed by atoms with Gasteiger partial charge in [0.25, 0.3) is 5.91 Å². The molecule has 5 nitrogen and oxygen atoms in total. The van der Waals surface area contributed by atoms with Crippen molar-refractivity contribution in [1.29, 1.82) is 0 Å². The van der Waals surface area contributed by atoms with Gasteiger partial charge < -0.3 is 9.64 Å². The lowest BCUT2D eigenvalue weighted by Crippen LogP contribution is -2.44. The van der Waals surface area contributed by atoms with E-state index in [0.29, 0.717) is 42.7 Å². The molecule has 0 saturated carbocycles. The second kappa shape index (κ2) is 6.72. The number of ether oxygens (including phenoxy) is 1. The summed E-state index contributed by atoms with van der Waals surface area (Å²) >= 11 is 6.45. The summed E-state index contributed by atoms with van der Waals surface area (Å²) in [4.78, 5) is 14.6. The molecule has 6 heteroatoms. The Kier molecular flexibility index (Phi) is 4.68. The molecule has 122 valence electrons. The third-order valence-corrected chi connectivity index (χ3v) is 4.37. The highest BCUT2D eigenvalue weighted by Crippen LogP contribution is 2.23. The number of aryl methyl sites for hydroxylation is 1. The lowest BCUT2D eigenvalue weighted by atomic mass is 10.2. The number of morpholine rings is 1. The van der Waals surface area contributed by atoms with Crippen molar-refractivity contribution >= 4 is 17.5 Å². The van der Waals surface area contributed by atoms with E-state index in [4.69, 9.17) is 16.3 Å². The molecule has 1 aliphatic heterocycles. The third-order valence-electron chi connectivity index (χ3n) is 3.98. The van der Waals surface area contributed by atoms with E-state index in [1.807, 2.05) is 44.2 Å². The first-order chi connectivity index (χ1) is 11.1. The fraction of sp³-hybridized carbons (Fsp3) is 0.412. The highest BCUT2D eigenvalue weighted by Gasteiger charge is 2.28. The van der Waals surface area contributed by atoms with Crippen LogP contribution in [0.4, 0.5) is 0 Å². The molecule has 0 radical (unpaired) electrons. The van der Waals surface area contributed by atoms with Crippen molar-refractivity contribution in [3.05, 3.63) is 52.3 Å². The summed E-state index contributed by atoms with van der Waals surface area (Å²) in [5, 5.41) is 4.84. The van der Waals surface area contributed by atoms with Crippen molar-refractivity contribution in [2.45, 2.75) is 26.5 Å². The molecular weight excluding hydrogens is 314 g/mol. The summed E-state index contributed by atoms with van der Waals surface area (Å²) in [6.07, 6.45) is 0.0474. The monoisotopic (exact) mass is 333 g/mol. The van der Waals surface area contributed by atoms with Crippen LogP contribution in [0.25, 0.3) is 0 Å². The molecule has 0 unspecified atom stereocenters. The maximum Gasteiger partial charge on any atom is 0.259 e. The lowest BCUT2D eigenvalue weighted by Gasteiger charge is -2.31. The van der Waals surface area contributed by atoms with Gasteiger partial charge in [-0.2, -0.15) is 5.10 Å². The number of nitrogens with zero attached hydrogens (tertiary/aromatic N) is 3. The number of aromatic nitrogens is 2. The van der Waals surface area contributed by atoms with Crippen molar-refractivity contribution in [2.75, 3.05) is 19.7 Å². The molecule has 2 heterocycles. The molecule has 0 spiro atoms. The Morgan fingerprint density at radius 1 is 1.39 bits per heavy atom. The third kappa shape index (κ3) is 3.41. The fourth-order valence-corrected chi connectivity index (χ4v) is 3.13. The minimum absolute atomic E-state index is 0.0474. The number of rotatable bonds is 3. The average Bonchev–Trinajstić information content (AvgIpc) is 2.82. The maximum atomic E-state index is 12.8. The van der Waals surface area contributed by atoms with E-state index < -0.39 is 0 Å². The molecule has 0 N–H and O–H groups in total. The van der Waals surface area contributed by atoms with Crippen LogP contribution in [0, 0.1) is 6.92 Å². The van der Waals surface area contributed by atoms with Crippen molar-refractivity contribution < 1.29 is 9.53 Å². The smallest absolute Gasteiger partial charge is 0.259 e. The molecular formula is C17H20ClN3O2. The number of halogens is 1. The Bertz CT molecular complexity index is 699. The predicted octanol–water partition coefficient (Wildman–Crippen LogP) is 2.75. The van der Waals surface area contributed by atoms with Crippen molar-refractivity contribution in [3.63, 3.8) is 0 Å². The van der Waals surface area contributed by atoms with E-state index in [0.717, 1.165) is 5.56 Å². The molecule has 3 rings (SSSR count). The van der Waals surface area contributed by atoms with Crippen LogP contribution < -0.4 is 0 Å². The SMILES string of the molecule is Cc1nn(Cc2ccccc2)c(Cl)c1C(=O)N1CCO[C@@H](C)C1. The summed E-state index contributed by atoms with van der Waals surface area (Å²) in [5.41, 5.74) is 2.25. The first-order valence-corrected chi connectivity index (χ1v) is 8.11. The summed E-state index contributed by atoms with van der Waals surface area (Å²) in [7, 11) is 0. The molecule has 2 aromatic rings. The number of benzene rings is 1. The Balaban J connectivity index is 1.84. The van der Waals surface area contributed by atoms with Crippen LogP contribution >= 0.6 is 11.6 Å². The summed E-state index contributed by atoms with van der Waals surface area (Å²) in [6, 6.07) is 9.94. The minimum atomic E-state index is -0.0676. The quantitative estimate of drug-likeness (QED) is 0.867. The normalized spacial score (nSPS) is 18.2. The van der Waals surface area contributed by atoms with Crippen molar-refractivity contribution in [2.24, 2.45) is 0 Å². The molecule has 0 aliphatic carbocycles. The Morgan fingerprint density at radius 3 is 2.83 bits per heavy atom. The first kappa shape index (κ1) is 16.0. The van der Waals surface area contributed by atoms with Crippen LogP contribution in [-0.4, -0.2) is 46.4 Å². The van der Waals surface area contributed by atoms with Gasteiger partial charge in [0.05, 0.1) is 30.5 Å². The van der Waals surface area contributed by atoms with Crippen LogP contribution in [0.1, 0.15) is 28.5 Å². The first-order valence-electron chi connectivity index (χ1n) is 7.74. The van der Waals surface area contributed by atoms with Gasteiger partial charge in [-0.1, -0.05) is 41.9 Å². The van der Waals surface area contributed by atoms with Gasteiger partial charge in [0.2, 0.25) is 0 Å². The summed E-state index contributed by atoms with van der Waals surface area (Å²) < 4.78 is 7.17. The number of carbonyl (C=O) groups is 1. The maximum absolute atomic E-state index is 12.8. The lowest BCUT2D eigenvalue weighted by molar-refractivity contribution is -0.0124. The Labute approximate surface area is 140 Å². The Morgan fingerprint density at radius 2 is 2.13 bits per heavy atom. The zero-order chi connectivity index (χ0) is 16.4. The largest absolute Gasteiger partial charge is 0.375 e. The topological polar surface area (TPSA) is 47.4 Å². The highest BCUT2D eigenvalue weighted by molar-refractivity contribution is 6.33. The van der Waals surface area contributed by atoms with Gasteiger partial charge in [-0.25, -0.2) is 4.68 Å². The standard InChI is InChI=1S/C17H20ClN3O2/c1-12-10-20(8-9-23-12)17(22)15-13(2)19-21(16(15)18)11-14-6-4-3-5-7-14/h3-7,12H,8-11H2,1-2H3/t12-/m0/s1. The van der Waals surface area contributed by atoms with Crippen LogP contribution in [0.5, 0.6) is 0 Å². The molecule has 1 aliphatic rings.